The number of carbonyl (C=O) groups excluding carboxylic acids is 1. The summed E-state index contributed by atoms with van der Waals surface area (Å²) in [5, 5.41) is 10.6. The summed E-state index contributed by atoms with van der Waals surface area (Å²) in [6.07, 6.45) is 1.16. The van der Waals surface area contributed by atoms with Crippen molar-refractivity contribution < 1.29 is 14.6 Å². The molecule has 100 valence electrons. The van der Waals surface area contributed by atoms with Crippen LogP contribution in [0.1, 0.15) is 38.7 Å². The molecule has 0 aliphatic rings. The molecule has 0 aliphatic carbocycles. The fourth-order valence-electron chi connectivity index (χ4n) is 1.85. The Hall–Kier alpha value is -0.870. The van der Waals surface area contributed by atoms with Crippen molar-refractivity contribution in [3.05, 3.63) is 34.3 Å². The van der Waals surface area contributed by atoms with Crippen molar-refractivity contribution in [1.29, 1.82) is 0 Å². The van der Waals surface area contributed by atoms with Crippen molar-refractivity contribution in [3.63, 3.8) is 0 Å². The molecule has 1 atom stereocenters. The molecule has 1 rings (SSSR count). The average Bonchev–Trinajstić information content (AvgIpc) is 2.36. The van der Waals surface area contributed by atoms with Crippen LogP contribution in [0.4, 0.5) is 0 Å². The molecule has 0 radical (unpaired) electrons. The summed E-state index contributed by atoms with van der Waals surface area (Å²) in [4.78, 5) is 11.4. The maximum Gasteiger partial charge on any atom is 0.305 e. The first kappa shape index (κ1) is 15.2. The van der Waals surface area contributed by atoms with E-state index in [0.717, 1.165) is 10.0 Å². The molecule has 4 heteroatoms. The van der Waals surface area contributed by atoms with Gasteiger partial charge in [-0.1, -0.05) is 35.0 Å². The van der Waals surface area contributed by atoms with Gasteiger partial charge >= 0.3 is 5.97 Å². The van der Waals surface area contributed by atoms with E-state index >= 15 is 0 Å². The van der Waals surface area contributed by atoms with E-state index < -0.39 is 5.60 Å². The van der Waals surface area contributed by atoms with Crippen molar-refractivity contribution in [2.45, 2.75) is 38.7 Å². The number of benzene rings is 1. The van der Waals surface area contributed by atoms with E-state index in [1.807, 2.05) is 31.2 Å². The molecule has 0 spiro atoms. The van der Waals surface area contributed by atoms with E-state index in [9.17, 15) is 9.90 Å². The summed E-state index contributed by atoms with van der Waals surface area (Å²) >= 11 is 3.39. The van der Waals surface area contributed by atoms with Gasteiger partial charge in [0.1, 0.15) is 0 Å². The molecule has 0 amide bonds. The minimum atomic E-state index is -0.976. The van der Waals surface area contributed by atoms with Gasteiger partial charge in [0.15, 0.2) is 0 Å². The van der Waals surface area contributed by atoms with E-state index in [0.29, 0.717) is 19.4 Å². The van der Waals surface area contributed by atoms with Gasteiger partial charge in [-0.3, -0.25) is 4.79 Å². The summed E-state index contributed by atoms with van der Waals surface area (Å²) < 4.78 is 5.80. The first-order valence-electron chi connectivity index (χ1n) is 6.16. The molecule has 18 heavy (non-hydrogen) atoms. The van der Waals surface area contributed by atoms with Gasteiger partial charge in [0.25, 0.3) is 0 Å². The van der Waals surface area contributed by atoms with Crippen LogP contribution in [0.15, 0.2) is 28.7 Å². The van der Waals surface area contributed by atoms with Crippen LogP contribution in [0.5, 0.6) is 0 Å². The number of esters is 1. The minimum Gasteiger partial charge on any atom is -0.466 e. The SMILES string of the molecule is CCOC(=O)CCC(O)(CC)c1cccc(Br)c1. The minimum absolute atomic E-state index is 0.227. The lowest BCUT2D eigenvalue weighted by atomic mass is 9.87. The summed E-state index contributed by atoms with van der Waals surface area (Å²) in [5.74, 6) is -0.264. The summed E-state index contributed by atoms with van der Waals surface area (Å²) in [5.41, 5.74) is -0.153. The number of hydrogen-bond donors (Lipinski definition) is 1. The topological polar surface area (TPSA) is 46.5 Å². The van der Waals surface area contributed by atoms with Crippen molar-refractivity contribution in [1.82, 2.24) is 0 Å². The molecule has 0 aromatic heterocycles. The lowest BCUT2D eigenvalue weighted by molar-refractivity contribution is -0.144. The predicted molar refractivity (Wildman–Crippen MR) is 74.2 cm³/mol. The first-order chi connectivity index (χ1) is 8.51. The van der Waals surface area contributed by atoms with Crippen molar-refractivity contribution in [2.75, 3.05) is 6.61 Å². The Bertz CT molecular complexity index is 406. The molecule has 0 saturated carbocycles. The van der Waals surface area contributed by atoms with Gasteiger partial charge in [0, 0.05) is 10.9 Å². The molecule has 0 heterocycles. The number of halogens is 1. The molecule has 1 N–H and O–H groups in total. The van der Waals surface area contributed by atoms with E-state index in [4.69, 9.17) is 4.74 Å². The quantitative estimate of drug-likeness (QED) is 0.819. The largest absolute Gasteiger partial charge is 0.466 e. The molecular formula is C14H19BrO3. The van der Waals surface area contributed by atoms with Crippen LogP contribution in [0.2, 0.25) is 0 Å². The van der Waals surface area contributed by atoms with E-state index in [2.05, 4.69) is 15.9 Å². The third-order valence-corrected chi connectivity index (χ3v) is 3.49. The van der Waals surface area contributed by atoms with Gasteiger partial charge in [-0.2, -0.15) is 0 Å². The standard InChI is InChI=1S/C14H19BrO3/c1-3-14(17,9-8-13(16)18-4-2)11-6-5-7-12(15)10-11/h5-7,10,17H,3-4,8-9H2,1-2H3. The second-order valence-electron chi connectivity index (χ2n) is 4.20. The van der Waals surface area contributed by atoms with Crippen LogP contribution in [-0.4, -0.2) is 17.7 Å². The molecule has 1 unspecified atom stereocenters. The third-order valence-electron chi connectivity index (χ3n) is 2.99. The zero-order valence-corrected chi connectivity index (χ0v) is 12.4. The van der Waals surface area contributed by atoms with E-state index in [1.165, 1.54) is 0 Å². The first-order valence-corrected chi connectivity index (χ1v) is 6.95. The zero-order chi connectivity index (χ0) is 13.6. The monoisotopic (exact) mass is 314 g/mol. The molecule has 3 nitrogen and oxygen atoms in total. The highest BCUT2D eigenvalue weighted by Crippen LogP contribution is 2.31. The molecule has 1 aromatic rings. The number of aliphatic hydroxyl groups is 1. The van der Waals surface area contributed by atoms with Crippen LogP contribution in [0, 0.1) is 0 Å². The summed E-state index contributed by atoms with van der Waals surface area (Å²) in [7, 11) is 0. The third kappa shape index (κ3) is 4.10. The Balaban J connectivity index is 2.76. The van der Waals surface area contributed by atoms with Crippen molar-refractivity contribution >= 4 is 21.9 Å². The van der Waals surface area contributed by atoms with Crippen LogP contribution in [0.25, 0.3) is 0 Å². The predicted octanol–water partition coefficient (Wildman–Crippen LogP) is 3.39. The number of hydrogen-bond acceptors (Lipinski definition) is 3. The summed E-state index contributed by atoms with van der Waals surface area (Å²) in [6.45, 7) is 4.06. The maximum atomic E-state index is 11.4. The maximum absolute atomic E-state index is 11.4. The highest BCUT2D eigenvalue weighted by molar-refractivity contribution is 9.10. The fourth-order valence-corrected chi connectivity index (χ4v) is 2.24. The van der Waals surface area contributed by atoms with E-state index in [-0.39, 0.29) is 12.4 Å². The Labute approximate surface area is 116 Å². The van der Waals surface area contributed by atoms with Crippen molar-refractivity contribution in [3.8, 4) is 0 Å². The number of carbonyl (C=O) groups is 1. The van der Waals surface area contributed by atoms with Gasteiger partial charge in [-0.15, -0.1) is 0 Å². The molecule has 0 fully saturated rings. The van der Waals surface area contributed by atoms with Crippen LogP contribution in [-0.2, 0) is 15.1 Å². The molecule has 1 aromatic carbocycles. The lowest BCUT2D eigenvalue weighted by Crippen LogP contribution is -2.26. The Kier molecular flexibility index (Phi) is 5.82. The number of ether oxygens (including phenoxy) is 1. The van der Waals surface area contributed by atoms with Crippen LogP contribution < -0.4 is 0 Å². The molecule has 0 bridgehead atoms. The van der Waals surface area contributed by atoms with Gasteiger partial charge < -0.3 is 9.84 Å². The van der Waals surface area contributed by atoms with Gasteiger partial charge in [-0.05, 0) is 37.5 Å². The zero-order valence-electron chi connectivity index (χ0n) is 10.8. The smallest absolute Gasteiger partial charge is 0.305 e. The van der Waals surface area contributed by atoms with E-state index in [1.54, 1.807) is 6.92 Å². The van der Waals surface area contributed by atoms with Gasteiger partial charge in [-0.25, -0.2) is 0 Å². The van der Waals surface area contributed by atoms with Crippen LogP contribution >= 0.6 is 15.9 Å². The normalized spacial score (nSPS) is 14.0. The lowest BCUT2D eigenvalue weighted by Gasteiger charge is -2.27. The Morgan fingerprint density at radius 1 is 1.44 bits per heavy atom. The highest BCUT2D eigenvalue weighted by Gasteiger charge is 2.28. The average molecular weight is 315 g/mol. The van der Waals surface area contributed by atoms with Crippen molar-refractivity contribution in [2.24, 2.45) is 0 Å². The molecule has 0 aliphatic heterocycles. The molecule has 0 saturated heterocycles. The van der Waals surface area contributed by atoms with Gasteiger partial charge in [0.05, 0.1) is 12.2 Å². The Morgan fingerprint density at radius 3 is 2.72 bits per heavy atom. The fraction of sp³-hybridized carbons (Fsp3) is 0.500. The summed E-state index contributed by atoms with van der Waals surface area (Å²) in [6, 6.07) is 7.55. The Morgan fingerprint density at radius 2 is 2.17 bits per heavy atom. The molecular weight excluding hydrogens is 296 g/mol. The second-order valence-corrected chi connectivity index (χ2v) is 5.12. The highest BCUT2D eigenvalue weighted by atomic mass is 79.9. The van der Waals surface area contributed by atoms with Crippen LogP contribution in [0.3, 0.4) is 0 Å². The second kappa shape index (κ2) is 6.90. The van der Waals surface area contributed by atoms with Gasteiger partial charge in [0.2, 0.25) is 0 Å². The number of rotatable bonds is 6.